The molecule has 0 atom stereocenters. The van der Waals surface area contributed by atoms with Gasteiger partial charge >= 0.3 is 18.1 Å². The van der Waals surface area contributed by atoms with E-state index in [1.54, 1.807) is 42.5 Å². The number of carbonyl (C=O) groups is 3. The number of nitrogens with one attached hydrogen (secondary N) is 1. The highest BCUT2D eigenvalue weighted by atomic mass is 19.4. The van der Waals surface area contributed by atoms with Gasteiger partial charge < -0.3 is 14.4 Å². The molecule has 1 N–H and O–H groups in total. The molecule has 0 radical (unpaired) electrons. The number of alkyl halides is 3. The maximum absolute atomic E-state index is 12.8. The van der Waals surface area contributed by atoms with Crippen molar-refractivity contribution in [1.82, 2.24) is 20.3 Å². The number of hydrogen-bond acceptors (Lipinski definition) is 7. The molecule has 2 heterocycles. The van der Waals surface area contributed by atoms with Gasteiger partial charge in [-0.2, -0.15) is 13.2 Å². The molecule has 1 fully saturated rings. The molecule has 35 heavy (non-hydrogen) atoms. The second-order valence-electron chi connectivity index (χ2n) is 7.73. The highest BCUT2D eigenvalue weighted by Crippen LogP contribution is 2.28. The van der Waals surface area contributed by atoms with E-state index in [1.807, 2.05) is 16.1 Å². The van der Waals surface area contributed by atoms with Gasteiger partial charge in [-0.1, -0.05) is 34.6 Å². The smallest absolute Gasteiger partial charge is 0.436 e. The standard InChI is InChI=1S/C23H19F3N4O5/c24-23(25,26)22(33)35-21(32)18-19(28-29-27-18)34-17-9-7-14(8-10-17)15-5-4-6-16(13-15)20(31)30-11-2-1-3-12-30/h4-10,13H,1-3,11-12H2,(H,27,28,29). The Balaban J connectivity index is 1.45. The number of rotatable bonds is 5. The van der Waals surface area contributed by atoms with E-state index >= 15 is 0 Å². The Kier molecular flexibility index (Phi) is 6.80. The molecule has 182 valence electrons. The maximum atomic E-state index is 12.8. The van der Waals surface area contributed by atoms with Crippen LogP contribution in [0.4, 0.5) is 13.2 Å². The van der Waals surface area contributed by atoms with Gasteiger partial charge in [0.05, 0.1) is 0 Å². The number of piperidine rings is 1. The van der Waals surface area contributed by atoms with Crippen LogP contribution in [0.1, 0.15) is 40.1 Å². The van der Waals surface area contributed by atoms with Crippen LogP contribution in [0.15, 0.2) is 48.5 Å². The van der Waals surface area contributed by atoms with E-state index in [0.717, 1.165) is 43.5 Å². The second-order valence-corrected chi connectivity index (χ2v) is 7.73. The number of esters is 2. The average molecular weight is 488 g/mol. The summed E-state index contributed by atoms with van der Waals surface area (Å²) in [6.45, 7) is 1.49. The molecule has 1 saturated heterocycles. The third-order valence-electron chi connectivity index (χ3n) is 5.29. The fraction of sp³-hybridized carbons (Fsp3) is 0.261. The van der Waals surface area contributed by atoms with Crippen molar-refractivity contribution in [3.63, 3.8) is 0 Å². The predicted octanol–water partition coefficient (Wildman–Crippen LogP) is 4.14. The highest BCUT2D eigenvalue weighted by molar-refractivity contribution is 5.98. The summed E-state index contributed by atoms with van der Waals surface area (Å²) in [4.78, 5) is 37.4. The molecule has 1 aromatic heterocycles. The number of carbonyl (C=O) groups excluding carboxylic acids is 3. The first-order valence-corrected chi connectivity index (χ1v) is 10.6. The number of H-pyrrole nitrogens is 1. The Morgan fingerprint density at radius 3 is 2.34 bits per heavy atom. The Hall–Kier alpha value is -4.22. The minimum Gasteiger partial charge on any atom is -0.436 e. The summed E-state index contributed by atoms with van der Waals surface area (Å²) in [5, 5.41) is 8.85. The molecule has 0 unspecified atom stereocenters. The largest absolute Gasteiger partial charge is 0.491 e. The molecule has 4 rings (SSSR count). The lowest BCUT2D eigenvalue weighted by atomic mass is 10.0. The summed E-state index contributed by atoms with van der Waals surface area (Å²) in [5.74, 6) is -4.60. The van der Waals surface area contributed by atoms with E-state index in [0.29, 0.717) is 5.56 Å². The van der Waals surface area contributed by atoms with Crippen molar-refractivity contribution < 1.29 is 37.0 Å². The molecule has 9 nitrogen and oxygen atoms in total. The molecule has 12 heteroatoms. The van der Waals surface area contributed by atoms with Crippen LogP contribution >= 0.6 is 0 Å². The number of hydrogen-bond donors (Lipinski definition) is 1. The van der Waals surface area contributed by atoms with Crippen LogP contribution < -0.4 is 4.74 Å². The van der Waals surface area contributed by atoms with E-state index in [2.05, 4.69) is 15.0 Å². The van der Waals surface area contributed by atoms with Crippen molar-refractivity contribution in [3.05, 3.63) is 59.8 Å². The van der Waals surface area contributed by atoms with Crippen molar-refractivity contribution in [2.75, 3.05) is 13.1 Å². The van der Waals surface area contributed by atoms with Gasteiger partial charge in [0.25, 0.3) is 11.8 Å². The van der Waals surface area contributed by atoms with Crippen LogP contribution in [-0.4, -0.2) is 57.4 Å². The summed E-state index contributed by atoms with van der Waals surface area (Å²) in [6, 6.07) is 13.7. The van der Waals surface area contributed by atoms with Gasteiger partial charge in [0.1, 0.15) is 5.75 Å². The van der Waals surface area contributed by atoms with Crippen molar-refractivity contribution in [3.8, 4) is 22.8 Å². The molecule has 0 spiro atoms. The van der Waals surface area contributed by atoms with Crippen LogP contribution in [-0.2, 0) is 9.53 Å². The van der Waals surface area contributed by atoms with Crippen LogP contribution in [0.2, 0.25) is 0 Å². The first-order valence-electron chi connectivity index (χ1n) is 10.6. The lowest BCUT2D eigenvalue weighted by Crippen LogP contribution is -2.35. The number of ether oxygens (including phenoxy) is 2. The molecular formula is C23H19F3N4O5. The zero-order valence-electron chi connectivity index (χ0n) is 18.2. The van der Waals surface area contributed by atoms with Crippen LogP contribution in [0.5, 0.6) is 11.6 Å². The number of aromatic amines is 1. The van der Waals surface area contributed by atoms with E-state index in [4.69, 9.17) is 4.74 Å². The van der Waals surface area contributed by atoms with E-state index in [9.17, 15) is 27.6 Å². The van der Waals surface area contributed by atoms with Crippen molar-refractivity contribution in [2.45, 2.75) is 25.4 Å². The van der Waals surface area contributed by atoms with Crippen LogP contribution in [0.25, 0.3) is 11.1 Å². The molecule has 1 aliphatic rings. The summed E-state index contributed by atoms with van der Waals surface area (Å²) in [7, 11) is 0. The quantitative estimate of drug-likeness (QED) is 0.424. The predicted molar refractivity (Wildman–Crippen MR) is 115 cm³/mol. The summed E-state index contributed by atoms with van der Waals surface area (Å²) < 4.78 is 46.1. The van der Waals surface area contributed by atoms with Crippen LogP contribution in [0, 0.1) is 0 Å². The molecule has 3 aromatic rings. The van der Waals surface area contributed by atoms with Gasteiger partial charge in [0.15, 0.2) is 0 Å². The van der Waals surface area contributed by atoms with Crippen molar-refractivity contribution >= 4 is 17.8 Å². The maximum Gasteiger partial charge on any atom is 0.491 e. The zero-order valence-corrected chi connectivity index (χ0v) is 18.2. The number of nitrogens with zero attached hydrogens (tertiary/aromatic N) is 3. The first-order chi connectivity index (χ1) is 16.7. The van der Waals surface area contributed by atoms with Gasteiger partial charge in [-0.05, 0) is 54.7 Å². The lowest BCUT2D eigenvalue weighted by molar-refractivity contribution is -0.193. The number of aromatic nitrogens is 3. The van der Waals surface area contributed by atoms with Crippen molar-refractivity contribution in [2.24, 2.45) is 0 Å². The molecule has 1 aliphatic heterocycles. The molecule has 0 bridgehead atoms. The second kappa shape index (κ2) is 9.95. The van der Waals surface area contributed by atoms with Gasteiger partial charge in [0.2, 0.25) is 5.69 Å². The third-order valence-corrected chi connectivity index (χ3v) is 5.29. The summed E-state index contributed by atoms with van der Waals surface area (Å²) in [6.07, 6.45) is -2.22. The minimum atomic E-state index is -5.34. The fourth-order valence-electron chi connectivity index (χ4n) is 3.55. The first kappa shape index (κ1) is 23.9. The summed E-state index contributed by atoms with van der Waals surface area (Å²) in [5.41, 5.74) is 1.51. The van der Waals surface area contributed by atoms with E-state index in [1.165, 1.54) is 0 Å². The number of benzene rings is 2. The number of amides is 1. The van der Waals surface area contributed by atoms with Crippen LogP contribution in [0.3, 0.4) is 0 Å². The highest BCUT2D eigenvalue weighted by Gasteiger charge is 2.43. The fourth-order valence-corrected chi connectivity index (χ4v) is 3.55. The summed E-state index contributed by atoms with van der Waals surface area (Å²) >= 11 is 0. The molecule has 0 aliphatic carbocycles. The molecule has 0 saturated carbocycles. The van der Waals surface area contributed by atoms with Crippen molar-refractivity contribution in [1.29, 1.82) is 0 Å². The number of halogens is 3. The monoisotopic (exact) mass is 488 g/mol. The Labute approximate surface area is 196 Å². The minimum absolute atomic E-state index is 0.0130. The zero-order chi connectivity index (χ0) is 25.0. The Bertz CT molecular complexity index is 1230. The normalized spacial score (nSPS) is 13.9. The topological polar surface area (TPSA) is 114 Å². The average Bonchev–Trinajstić information content (AvgIpc) is 3.32. The molecule has 1 amide bonds. The van der Waals surface area contributed by atoms with Gasteiger partial charge in [-0.25, -0.2) is 14.7 Å². The molecular weight excluding hydrogens is 469 g/mol. The van der Waals surface area contributed by atoms with E-state index < -0.39 is 29.7 Å². The van der Waals surface area contributed by atoms with Gasteiger partial charge in [-0.3, -0.25) is 4.79 Å². The van der Waals surface area contributed by atoms with E-state index in [-0.39, 0.29) is 11.7 Å². The molecule has 2 aromatic carbocycles. The van der Waals surface area contributed by atoms with Gasteiger partial charge in [-0.15, -0.1) is 0 Å². The number of likely N-dealkylation sites (tertiary alicyclic amines) is 1. The van der Waals surface area contributed by atoms with Gasteiger partial charge in [0, 0.05) is 18.7 Å². The Morgan fingerprint density at radius 1 is 0.943 bits per heavy atom. The Morgan fingerprint density at radius 2 is 1.66 bits per heavy atom. The third kappa shape index (κ3) is 5.65. The lowest BCUT2D eigenvalue weighted by Gasteiger charge is -2.26. The SMILES string of the molecule is O=C(OC(=O)C(F)(F)F)c1[nH]nnc1Oc1ccc(-c2cccc(C(=O)N3CCCCC3)c2)cc1.